The second-order valence-corrected chi connectivity index (χ2v) is 5.45. The molecule has 1 heterocycles. The average Bonchev–Trinajstić information content (AvgIpc) is 2.71. The number of phenols is 1. The van der Waals surface area contributed by atoms with Gasteiger partial charge in [0, 0.05) is 23.1 Å². The molecule has 0 fully saturated rings. The molecular weight excluding hydrogens is 263 g/mol. The van der Waals surface area contributed by atoms with E-state index in [2.05, 4.69) is 17.2 Å². The van der Waals surface area contributed by atoms with Crippen molar-refractivity contribution in [2.75, 3.05) is 6.54 Å². The molecule has 0 saturated heterocycles. The molecule has 5 heteroatoms. The zero-order chi connectivity index (χ0) is 13.8. The van der Waals surface area contributed by atoms with Crippen LogP contribution in [0.15, 0.2) is 18.2 Å². The van der Waals surface area contributed by atoms with Gasteiger partial charge in [-0.15, -0.1) is 11.3 Å². The molecule has 1 aromatic carbocycles. The molecule has 0 saturated carbocycles. The van der Waals surface area contributed by atoms with Crippen molar-refractivity contribution in [2.24, 2.45) is 0 Å². The maximum Gasteiger partial charge on any atom is 0.137 e. The van der Waals surface area contributed by atoms with Crippen molar-refractivity contribution < 1.29 is 9.50 Å². The van der Waals surface area contributed by atoms with Crippen LogP contribution in [0.4, 0.5) is 4.39 Å². The normalized spacial score (nSPS) is 10.9. The van der Waals surface area contributed by atoms with Crippen LogP contribution in [-0.2, 0) is 6.54 Å². The fourth-order valence-corrected chi connectivity index (χ4v) is 2.82. The van der Waals surface area contributed by atoms with E-state index in [4.69, 9.17) is 0 Å². The van der Waals surface area contributed by atoms with Gasteiger partial charge < -0.3 is 10.4 Å². The molecule has 0 radical (unpaired) electrons. The summed E-state index contributed by atoms with van der Waals surface area (Å²) in [6.07, 6.45) is 1.08. The Morgan fingerprint density at radius 3 is 2.89 bits per heavy atom. The molecule has 2 N–H and O–H groups in total. The second-order valence-electron chi connectivity index (χ2n) is 4.37. The standard InChI is InChI=1S/C14H17FN2OS/c1-3-6-16-8-13-9(2)17-14(19-13)11-5-4-10(18)7-12(11)15/h4-5,7,16,18H,3,6,8H2,1-2H3. The summed E-state index contributed by atoms with van der Waals surface area (Å²) >= 11 is 1.49. The van der Waals surface area contributed by atoms with E-state index in [1.54, 1.807) is 6.07 Å². The summed E-state index contributed by atoms with van der Waals surface area (Å²) in [5.41, 5.74) is 1.36. The number of phenolic OH excluding ortho intramolecular Hbond substituents is 1. The molecule has 0 spiro atoms. The van der Waals surface area contributed by atoms with Crippen molar-refractivity contribution in [3.05, 3.63) is 34.6 Å². The highest BCUT2D eigenvalue weighted by molar-refractivity contribution is 7.15. The number of rotatable bonds is 5. The SMILES string of the molecule is CCCNCc1sc(-c2ccc(O)cc2F)nc1C. The van der Waals surface area contributed by atoms with E-state index < -0.39 is 5.82 Å². The van der Waals surface area contributed by atoms with Gasteiger partial charge in [-0.25, -0.2) is 9.37 Å². The minimum atomic E-state index is -0.443. The van der Waals surface area contributed by atoms with Crippen LogP contribution in [0, 0.1) is 12.7 Å². The van der Waals surface area contributed by atoms with Crippen LogP contribution >= 0.6 is 11.3 Å². The van der Waals surface area contributed by atoms with Gasteiger partial charge in [0.2, 0.25) is 0 Å². The number of nitrogens with one attached hydrogen (secondary N) is 1. The van der Waals surface area contributed by atoms with Gasteiger partial charge in [-0.3, -0.25) is 0 Å². The Kier molecular flexibility index (Phi) is 4.50. The lowest BCUT2D eigenvalue weighted by molar-refractivity contribution is 0.469. The summed E-state index contributed by atoms with van der Waals surface area (Å²) in [7, 11) is 0. The molecule has 0 aliphatic heterocycles. The molecule has 0 aliphatic rings. The maximum atomic E-state index is 13.8. The summed E-state index contributed by atoms with van der Waals surface area (Å²) in [4.78, 5) is 5.53. The van der Waals surface area contributed by atoms with Gasteiger partial charge in [-0.2, -0.15) is 0 Å². The third-order valence-electron chi connectivity index (χ3n) is 2.79. The number of aryl methyl sites for hydroxylation is 1. The first-order valence-electron chi connectivity index (χ1n) is 6.27. The van der Waals surface area contributed by atoms with Gasteiger partial charge in [0.1, 0.15) is 16.6 Å². The zero-order valence-electron chi connectivity index (χ0n) is 11.0. The summed E-state index contributed by atoms with van der Waals surface area (Å²) in [6.45, 7) is 5.77. The molecule has 2 rings (SSSR count). The largest absolute Gasteiger partial charge is 0.508 e. The van der Waals surface area contributed by atoms with E-state index in [1.165, 1.54) is 17.4 Å². The van der Waals surface area contributed by atoms with Gasteiger partial charge >= 0.3 is 0 Å². The number of nitrogens with zero attached hydrogens (tertiary/aromatic N) is 1. The van der Waals surface area contributed by atoms with Gasteiger partial charge in [0.05, 0.1) is 5.69 Å². The van der Waals surface area contributed by atoms with E-state index in [1.807, 2.05) is 6.92 Å². The highest BCUT2D eigenvalue weighted by atomic mass is 32.1. The molecule has 2 aromatic rings. The highest BCUT2D eigenvalue weighted by Gasteiger charge is 2.13. The molecule has 102 valence electrons. The Bertz CT molecular complexity index is 569. The molecular formula is C14H17FN2OS. The Hall–Kier alpha value is -1.46. The van der Waals surface area contributed by atoms with Crippen LogP contribution in [0.5, 0.6) is 5.75 Å². The van der Waals surface area contributed by atoms with E-state index in [-0.39, 0.29) is 5.75 Å². The number of thiazole rings is 1. The second kappa shape index (κ2) is 6.12. The number of hydrogen-bond acceptors (Lipinski definition) is 4. The molecule has 1 aromatic heterocycles. The minimum absolute atomic E-state index is 0.0700. The number of halogens is 1. The van der Waals surface area contributed by atoms with E-state index in [0.717, 1.165) is 36.1 Å². The summed E-state index contributed by atoms with van der Waals surface area (Å²) in [5, 5.41) is 13.2. The molecule has 0 unspecified atom stereocenters. The maximum absolute atomic E-state index is 13.8. The lowest BCUT2D eigenvalue weighted by Crippen LogP contribution is -2.13. The number of aromatic hydroxyl groups is 1. The molecule has 3 nitrogen and oxygen atoms in total. The molecule has 0 bridgehead atoms. The monoisotopic (exact) mass is 280 g/mol. The van der Waals surface area contributed by atoms with Crippen molar-refractivity contribution >= 4 is 11.3 Å². The lowest BCUT2D eigenvalue weighted by atomic mass is 10.2. The van der Waals surface area contributed by atoms with Crippen LogP contribution in [-0.4, -0.2) is 16.6 Å². The van der Waals surface area contributed by atoms with Gasteiger partial charge in [-0.1, -0.05) is 6.92 Å². The predicted octanol–water partition coefficient (Wildman–Crippen LogP) is 3.46. The predicted molar refractivity (Wildman–Crippen MR) is 75.9 cm³/mol. The fraction of sp³-hybridized carbons (Fsp3) is 0.357. The minimum Gasteiger partial charge on any atom is -0.508 e. The third kappa shape index (κ3) is 3.30. The smallest absolute Gasteiger partial charge is 0.137 e. The number of aromatic nitrogens is 1. The highest BCUT2D eigenvalue weighted by Crippen LogP contribution is 2.31. The molecule has 0 amide bonds. The Labute approximate surface area is 116 Å². The first-order valence-corrected chi connectivity index (χ1v) is 7.09. The van der Waals surface area contributed by atoms with Crippen molar-refractivity contribution in [3.8, 4) is 16.3 Å². The average molecular weight is 280 g/mol. The Morgan fingerprint density at radius 2 is 2.21 bits per heavy atom. The lowest BCUT2D eigenvalue weighted by Gasteiger charge is -2.00. The number of hydrogen-bond donors (Lipinski definition) is 2. The molecule has 0 aliphatic carbocycles. The van der Waals surface area contributed by atoms with Crippen molar-refractivity contribution in [2.45, 2.75) is 26.8 Å². The van der Waals surface area contributed by atoms with Crippen LogP contribution in [0.25, 0.3) is 10.6 Å². The van der Waals surface area contributed by atoms with Gasteiger partial charge in [0.25, 0.3) is 0 Å². The van der Waals surface area contributed by atoms with Crippen LogP contribution in [0.2, 0.25) is 0 Å². The van der Waals surface area contributed by atoms with E-state index in [9.17, 15) is 9.50 Å². The van der Waals surface area contributed by atoms with Crippen LogP contribution in [0.3, 0.4) is 0 Å². The Balaban J connectivity index is 2.23. The van der Waals surface area contributed by atoms with E-state index in [0.29, 0.717) is 10.6 Å². The zero-order valence-corrected chi connectivity index (χ0v) is 11.9. The van der Waals surface area contributed by atoms with Crippen molar-refractivity contribution in [3.63, 3.8) is 0 Å². The quantitative estimate of drug-likeness (QED) is 0.824. The summed E-state index contributed by atoms with van der Waals surface area (Å²) in [5.74, 6) is -0.513. The third-order valence-corrected chi connectivity index (χ3v) is 3.98. The van der Waals surface area contributed by atoms with Crippen LogP contribution in [0.1, 0.15) is 23.9 Å². The Morgan fingerprint density at radius 1 is 1.42 bits per heavy atom. The topological polar surface area (TPSA) is 45.1 Å². The number of benzene rings is 1. The molecule has 0 atom stereocenters. The first-order chi connectivity index (χ1) is 9.11. The molecule has 19 heavy (non-hydrogen) atoms. The van der Waals surface area contributed by atoms with Crippen molar-refractivity contribution in [1.29, 1.82) is 0 Å². The van der Waals surface area contributed by atoms with Gasteiger partial charge in [0.15, 0.2) is 0 Å². The first kappa shape index (κ1) is 14.0. The summed E-state index contributed by atoms with van der Waals surface area (Å²) < 4.78 is 13.8. The summed E-state index contributed by atoms with van der Waals surface area (Å²) in [6, 6.07) is 4.15. The van der Waals surface area contributed by atoms with E-state index >= 15 is 0 Å². The van der Waals surface area contributed by atoms with Crippen molar-refractivity contribution in [1.82, 2.24) is 10.3 Å². The van der Waals surface area contributed by atoms with Gasteiger partial charge in [-0.05, 0) is 32.0 Å². The fourth-order valence-electron chi connectivity index (χ4n) is 1.76. The van der Waals surface area contributed by atoms with Crippen LogP contribution < -0.4 is 5.32 Å².